The molecule has 0 aromatic heterocycles. The summed E-state index contributed by atoms with van der Waals surface area (Å²) in [5.41, 5.74) is 0.123. The molecule has 1 N–H and O–H groups in total. The second-order valence-corrected chi connectivity index (χ2v) is 7.42. The van der Waals surface area contributed by atoms with E-state index in [2.05, 4.69) is 5.32 Å². The van der Waals surface area contributed by atoms with E-state index in [9.17, 15) is 18.0 Å². The molecule has 0 saturated carbocycles. The van der Waals surface area contributed by atoms with Gasteiger partial charge in [0.2, 0.25) is 5.91 Å². The second-order valence-electron chi connectivity index (χ2n) is 7.42. The van der Waals surface area contributed by atoms with Crippen molar-refractivity contribution in [1.82, 2.24) is 4.90 Å². The second kappa shape index (κ2) is 8.06. The van der Waals surface area contributed by atoms with Gasteiger partial charge >= 0.3 is 6.18 Å². The van der Waals surface area contributed by atoms with Gasteiger partial charge in [0.05, 0.1) is 35.7 Å². The van der Waals surface area contributed by atoms with Crippen LogP contribution in [0.25, 0.3) is 0 Å². The minimum atomic E-state index is -4.45. The molecule has 0 aliphatic carbocycles. The van der Waals surface area contributed by atoms with Crippen molar-refractivity contribution in [2.75, 3.05) is 42.9 Å². The van der Waals surface area contributed by atoms with Crippen LogP contribution >= 0.6 is 0 Å². The van der Waals surface area contributed by atoms with E-state index in [1.54, 1.807) is 0 Å². The van der Waals surface area contributed by atoms with Crippen molar-refractivity contribution in [2.45, 2.75) is 45.1 Å². The Morgan fingerprint density at radius 1 is 1.19 bits per heavy atom. The average molecular weight is 385 g/mol. The lowest BCUT2D eigenvalue weighted by Crippen LogP contribution is -2.48. The molecule has 2 atom stereocenters. The first-order valence-corrected chi connectivity index (χ1v) is 9.36. The summed E-state index contributed by atoms with van der Waals surface area (Å²) in [4.78, 5) is 16.5. The number of rotatable bonds is 4. The third-order valence-corrected chi connectivity index (χ3v) is 4.91. The van der Waals surface area contributed by atoms with Gasteiger partial charge in [0.25, 0.3) is 0 Å². The number of benzene rings is 1. The Morgan fingerprint density at radius 2 is 1.81 bits per heavy atom. The van der Waals surface area contributed by atoms with Gasteiger partial charge in [0.15, 0.2) is 0 Å². The number of hydrogen-bond acceptors (Lipinski definition) is 4. The number of halogens is 3. The van der Waals surface area contributed by atoms with Crippen molar-refractivity contribution in [3.63, 3.8) is 0 Å². The molecule has 27 heavy (non-hydrogen) atoms. The highest BCUT2D eigenvalue weighted by molar-refractivity contribution is 5.95. The molecule has 5 nitrogen and oxygen atoms in total. The van der Waals surface area contributed by atoms with Gasteiger partial charge in [-0.15, -0.1) is 0 Å². The molecule has 0 radical (unpaired) electrons. The fraction of sp³-hybridized carbons (Fsp3) is 0.632. The zero-order valence-electron chi connectivity index (χ0n) is 15.7. The summed E-state index contributed by atoms with van der Waals surface area (Å²) in [6, 6.07) is 3.58. The quantitative estimate of drug-likeness (QED) is 0.863. The first-order valence-electron chi connectivity index (χ1n) is 9.36. The summed E-state index contributed by atoms with van der Waals surface area (Å²) < 4.78 is 45.0. The van der Waals surface area contributed by atoms with Crippen LogP contribution in [0, 0.1) is 0 Å². The highest BCUT2D eigenvalue weighted by atomic mass is 19.4. The van der Waals surface area contributed by atoms with Crippen LogP contribution in [0.3, 0.4) is 0 Å². The largest absolute Gasteiger partial charge is 0.416 e. The lowest BCUT2D eigenvalue weighted by atomic mass is 10.1. The molecule has 0 bridgehead atoms. The molecule has 3 rings (SSSR count). The van der Waals surface area contributed by atoms with Crippen LogP contribution in [-0.2, 0) is 15.7 Å². The molecule has 1 aromatic rings. The summed E-state index contributed by atoms with van der Waals surface area (Å²) in [5, 5.41) is 2.71. The van der Waals surface area contributed by atoms with Gasteiger partial charge in [-0.2, -0.15) is 13.2 Å². The number of amides is 1. The Morgan fingerprint density at radius 3 is 2.41 bits per heavy atom. The number of ether oxygens (including phenoxy) is 1. The van der Waals surface area contributed by atoms with Crippen LogP contribution in [0.2, 0.25) is 0 Å². The number of carbonyl (C=O) groups is 1. The molecule has 2 fully saturated rings. The fourth-order valence-electron chi connectivity index (χ4n) is 3.85. The Labute approximate surface area is 157 Å². The number of hydrogen-bond donors (Lipinski definition) is 1. The summed E-state index contributed by atoms with van der Waals surface area (Å²) in [6.07, 6.45) is -2.40. The number of nitrogens with one attached hydrogen (secondary N) is 1. The zero-order chi connectivity index (χ0) is 19.6. The van der Waals surface area contributed by atoms with Gasteiger partial charge in [-0.1, -0.05) is 0 Å². The summed E-state index contributed by atoms with van der Waals surface area (Å²) >= 11 is 0. The molecule has 2 aliphatic heterocycles. The average Bonchev–Trinajstić information content (AvgIpc) is 3.07. The van der Waals surface area contributed by atoms with Crippen LogP contribution in [-0.4, -0.2) is 55.7 Å². The molecule has 0 unspecified atom stereocenters. The monoisotopic (exact) mass is 385 g/mol. The number of anilines is 2. The predicted octanol–water partition coefficient (Wildman–Crippen LogP) is 3.35. The van der Waals surface area contributed by atoms with Crippen molar-refractivity contribution in [1.29, 1.82) is 0 Å². The molecular formula is C19H26F3N3O2. The smallest absolute Gasteiger partial charge is 0.373 e. The van der Waals surface area contributed by atoms with Crippen LogP contribution in [0.4, 0.5) is 24.5 Å². The normalized spacial score (nSPS) is 24.3. The van der Waals surface area contributed by atoms with Crippen LogP contribution < -0.4 is 10.2 Å². The van der Waals surface area contributed by atoms with Gasteiger partial charge in [0.1, 0.15) is 0 Å². The van der Waals surface area contributed by atoms with E-state index in [1.807, 2.05) is 23.6 Å². The molecule has 0 spiro atoms. The maximum Gasteiger partial charge on any atom is 0.416 e. The van der Waals surface area contributed by atoms with E-state index in [1.165, 1.54) is 6.07 Å². The molecule has 1 aromatic carbocycles. The summed E-state index contributed by atoms with van der Waals surface area (Å²) in [5.74, 6) is -0.309. The van der Waals surface area contributed by atoms with Crippen molar-refractivity contribution in [3.05, 3.63) is 23.8 Å². The Kier molecular flexibility index (Phi) is 5.95. The molecule has 8 heteroatoms. The maximum atomic E-state index is 13.1. The number of carbonyl (C=O) groups excluding carboxylic acids is 1. The predicted molar refractivity (Wildman–Crippen MR) is 98.0 cm³/mol. The molecule has 150 valence electrons. The first kappa shape index (κ1) is 19.9. The number of nitrogens with zero attached hydrogens (tertiary/aromatic N) is 2. The standard InChI is InChI=1S/C19H26F3N3O2/c1-13-10-24(11-14(2)27-13)12-18(26)23-16-9-15(19(20,21)22)5-6-17(16)25-7-3-4-8-25/h5-6,9,13-14H,3-4,7-8,10-12H2,1-2H3,(H,23,26)/t13-,14-/m1/s1. The van der Waals surface area contributed by atoms with E-state index in [0.717, 1.165) is 38.1 Å². The summed E-state index contributed by atoms with van der Waals surface area (Å²) in [7, 11) is 0. The lowest BCUT2D eigenvalue weighted by molar-refractivity contribution is -0.137. The van der Waals surface area contributed by atoms with Crippen molar-refractivity contribution in [3.8, 4) is 0 Å². The van der Waals surface area contributed by atoms with E-state index < -0.39 is 11.7 Å². The Bertz CT molecular complexity index is 665. The third kappa shape index (κ3) is 5.13. The van der Waals surface area contributed by atoms with E-state index in [0.29, 0.717) is 18.8 Å². The minimum absolute atomic E-state index is 0.0234. The van der Waals surface area contributed by atoms with Crippen molar-refractivity contribution < 1.29 is 22.7 Å². The van der Waals surface area contributed by atoms with Gasteiger partial charge in [0, 0.05) is 26.2 Å². The highest BCUT2D eigenvalue weighted by Crippen LogP contribution is 2.36. The van der Waals surface area contributed by atoms with Gasteiger partial charge in [-0.25, -0.2) is 0 Å². The van der Waals surface area contributed by atoms with Crippen LogP contribution in [0.1, 0.15) is 32.3 Å². The Hall–Kier alpha value is -1.80. The van der Waals surface area contributed by atoms with Gasteiger partial charge in [-0.05, 0) is 44.9 Å². The molecular weight excluding hydrogens is 359 g/mol. The Balaban J connectivity index is 1.75. The number of alkyl halides is 3. The van der Waals surface area contributed by atoms with E-state index in [-0.39, 0.29) is 30.3 Å². The molecule has 2 heterocycles. The molecule has 2 aliphatic rings. The minimum Gasteiger partial charge on any atom is -0.373 e. The van der Waals surface area contributed by atoms with E-state index >= 15 is 0 Å². The van der Waals surface area contributed by atoms with Crippen LogP contribution in [0.15, 0.2) is 18.2 Å². The van der Waals surface area contributed by atoms with Gasteiger partial charge < -0.3 is 15.0 Å². The van der Waals surface area contributed by atoms with Gasteiger partial charge in [-0.3, -0.25) is 9.69 Å². The SMILES string of the molecule is C[C@@H]1CN(CC(=O)Nc2cc(C(F)(F)F)ccc2N2CCCC2)C[C@@H](C)O1. The van der Waals surface area contributed by atoms with Crippen LogP contribution in [0.5, 0.6) is 0 Å². The first-order chi connectivity index (χ1) is 12.7. The topological polar surface area (TPSA) is 44.8 Å². The van der Waals surface area contributed by atoms with Crippen molar-refractivity contribution in [2.24, 2.45) is 0 Å². The zero-order valence-corrected chi connectivity index (χ0v) is 15.7. The third-order valence-electron chi connectivity index (χ3n) is 4.91. The van der Waals surface area contributed by atoms with E-state index in [4.69, 9.17) is 4.74 Å². The maximum absolute atomic E-state index is 13.1. The summed E-state index contributed by atoms with van der Waals surface area (Å²) in [6.45, 7) is 6.84. The lowest BCUT2D eigenvalue weighted by Gasteiger charge is -2.34. The fourth-order valence-corrected chi connectivity index (χ4v) is 3.85. The molecule has 2 saturated heterocycles. The molecule has 1 amide bonds. The van der Waals surface area contributed by atoms with Crippen molar-refractivity contribution >= 4 is 17.3 Å². The number of morpholine rings is 1. The highest BCUT2D eigenvalue weighted by Gasteiger charge is 2.32.